The summed E-state index contributed by atoms with van der Waals surface area (Å²) in [7, 11) is 0. The molecule has 0 spiro atoms. The van der Waals surface area contributed by atoms with Gasteiger partial charge in [0, 0.05) is 0 Å². The first kappa shape index (κ1) is 14.5. The first-order chi connectivity index (χ1) is 10.7. The first-order valence-corrected chi connectivity index (χ1v) is 9.56. The highest BCUT2D eigenvalue weighted by atomic mass is 14.3. The summed E-state index contributed by atoms with van der Waals surface area (Å²) in [6.45, 7) is 4.84. The van der Waals surface area contributed by atoms with E-state index >= 15 is 0 Å². The summed E-state index contributed by atoms with van der Waals surface area (Å²) in [6.07, 6.45) is 21.0. The van der Waals surface area contributed by atoms with E-state index in [2.05, 4.69) is 38.2 Å². The lowest BCUT2D eigenvalue weighted by Crippen LogP contribution is -2.12. The van der Waals surface area contributed by atoms with Crippen molar-refractivity contribution in [1.82, 2.24) is 0 Å². The molecule has 0 aliphatic heterocycles. The number of hydrogen-bond acceptors (Lipinski definition) is 0. The zero-order valence-corrected chi connectivity index (χ0v) is 14.3. The summed E-state index contributed by atoms with van der Waals surface area (Å²) < 4.78 is 0. The Morgan fingerprint density at radius 3 is 1.68 bits per heavy atom. The molecular formula is C22H30. The second-order valence-electron chi connectivity index (χ2n) is 8.06. The Labute approximate surface area is 136 Å². The monoisotopic (exact) mass is 294 g/mol. The van der Waals surface area contributed by atoms with Gasteiger partial charge in [0.25, 0.3) is 0 Å². The van der Waals surface area contributed by atoms with Gasteiger partial charge in [0.1, 0.15) is 0 Å². The van der Waals surface area contributed by atoms with E-state index < -0.39 is 0 Å². The SMILES string of the molecule is CC1CCCC2=C1C=CC2CCC1C=CC2=C1CCCC2C. The average Bonchev–Trinajstić information content (AvgIpc) is 3.11. The van der Waals surface area contributed by atoms with E-state index in [0.717, 1.165) is 23.7 Å². The third-order valence-corrected chi connectivity index (χ3v) is 6.67. The molecule has 0 aromatic heterocycles. The molecule has 4 aliphatic carbocycles. The number of allylic oxidation sites excluding steroid dienone is 8. The van der Waals surface area contributed by atoms with E-state index in [-0.39, 0.29) is 0 Å². The van der Waals surface area contributed by atoms with Gasteiger partial charge in [0.05, 0.1) is 0 Å². The van der Waals surface area contributed by atoms with Crippen molar-refractivity contribution in [3.8, 4) is 0 Å². The van der Waals surface area contributed by atoms with Crippen LogP contribution in [0.25, 0.3) is 0 Å². The molecule has 0 nitrogen and oxygen atoms in total. The summed E-state index contributed by atoms with van der Waals surface area (Å²) in [5, 5.41) is 0. The van der Waals surface area contributed by atoms with E-state index in [1.807, 2.05) is 0 Å². The average molecular weight is 294 g/mol. The molecule has 0 saturated heterocycles. The summed E-state index contributed by atoms with van der Waals surface area (Å²) in [5.74, 6) is 3.14. The molecule has 0 N–H and O–H groups in total. The van der Waals surface area contributed by atoms with Gasteiger partial charge >= 0.3 is 0 Å². The van der Waals surface area contributed by atoms with Crippen LogP contribution in [-0.4, -0.2) is 0 Å². The van der Waals surface area contributed by atoms with Gasteiger partial charge < -0.3 is 0 Å². The lowest BCUT2D eigenvalue weighted by molar-refractivity contribution is 0.482. The lowest BCUT2D eigenvalue weighted by atomic mass is 9.78. The Morgan fingerprint density at radius 1 is 0.773 bits per heavy atom. The van der Waals surface area contributed by atoms with Crippen molar-refractivity contribution in [2.45, 2.75) is 65.2 Å². The van der Waals surface area contributed by atoms with Crippen LogP contribution >= 0.6 is 0 Å². The molecule has 0 aromatic rings. The Morgan fingerprint density at radius 2 is 1.23 bits per heavy atom. The van der Waals surface area contributed by atoms with Gasteiger partial charge in [0.15, 0.2) is 0 Å². The summed E-state index contributed by atoms with van der Waals surface area (Å²) >= 11 is 0. The molecular weight excluding hydrogens is 264 g/mol. The minimum atomic E-state index is 0.761. The van der Waals surface area contributed by atoms with Gasteiger partial charge in [0.2, 0.25) is 0 Å². The molecule has 118 valence electrons. The maximum Gasteiger partial charge on any atom is -0.00138 e. The van der Waals surface area contributed by atoms with Crippen molar-refractivity contribution in [1.29, 1.82) is 0 Å². The topological polar surface area (TPSA) is 0 Å². The highest BCUT2D eigenvalue weighted by Crippen LogP contribution is 2.44. The first-order valence-electron chi connectivity index (χ1n) is 9.56. The van der Waals surface area contributed by atoms with Gasteiger partial charge in [-0.15, -0.1) is 0 Å². The molecule has 0 heterocycles. The fourth-order valence-electron chi connectivity index (χ4n) is 5.34. The molecule has 0 saturated carbocycles. The van der Waals surface area contributed by atoms with E-state index in [1.165, 1.54) is 51.4 Å². The normalized spacial score (nSPS) is 37.0. The summed E-state index contributed by atoms with van der Waals surface area (Å²) in [6, 6.07) is 0. The van der Waals surface area contributed by atoms with Crippen LogP contribution in [-0.2, 0) is 0 Å². The van der Waals surface area contributed by atoms with Crippen molar-refractivity contribution in [3.63, 3.8) is 0 Å². The fourth-order valence-corrected chi connectivity index (χ4v) is 5.34. The van der Waals surface area contributed by atoms with Crippen LogP contribution in [0, 0.1) is 23.7 Å². The van der Waals surface area contributed by atoms with Crippen molar-refractivity contribution < 1.29 is 0 Å². The number of rotatable bonds is 3. The molecule has 4 rings (SSSR count). The lowest BCUT2D eigenvalue weighted by Gasteiger charge is -2.26. The number of hydrogen-bond donors (Lipinski definition) is 0. The maximum atomic E-state index is 2.52. The molecule has 0 bridgehead atoms. The predicted octanol–water partition coefficient (Wildman–Crippen LogP) is 6.37. The van der Waals surface area contributed by atoms with Crippen molar-refractivity contribution in [3.05, 3.63) is 46.6 Å². The van der Waals surface area contributed by atoms with Crippen LogP contribution in [0.3, 0.4) is 0 Å². The Hall–Kier alpha value is -1.04. The van der Waals surface area contributed by atoms with Crippen LogP contribution in [0.5, 0.6) is 0 Å². The maximum absolute atomic E-state index is 2.52. The van der Waals surface area contributed by atoms with Crippen LogP contribution < -0.4 is 0 Å². The highest BCUT2D eigenvalue weighted by molar-refractivity contribution is 5.41. The van der Waals surface area contributed by atoms with Gasteiger partial charge in [-0.2, -0.15) is 0 Å². The minimum absolute atomic E-state index is 0.761. The second-order valence-corrected chi connectivity index (χ2v) is 8.06. The van der Waals surface area contributed by atoms with Gasteiger partial charge in [-0.05, 0) is 86.2 Å². The zero-order chi connectivity index (χ0) is 15.1. The quantitative estimate of drug-likeness (QED) is 0.567. The van der Waals surface area contributed by atoms with E-state index in [9.17, 15) is 0 Å². The Bertz CT molecular complexity index is 517. The van der Waals surface area contributed by atoms with Crippen LogP contribution in [0.1, 0.15) is 65.2 Å². The van der Waals surface area contributed by atoms with Crippen molar-refractivity contribution >= 4 is 0 Å². The van der Waals surface area contributed by atoms with Gasteiger partial charge in [-0.25, -0.2) is 0 Å². The molecule has 0 amide bonds. The molecule has 0 heteroatoms. The van der Waals surface area contributed by atoms with E-state index in [4.69, 9.17) is 0 Å². The van der Waals surface area contributed by atoms with E-state index in [0.29, 0.717) is 0 Å². The zero-order valence-electron chi connectivity index (χ0n) is 14.3. The Kier molecular flexibility index (Phi) is 3.88. The predicted molar refractivity (Wildman–Crippen MR) is 94.6 cm³/mol. The Balaban J connectivity index is 1.42. The van der Waals surface area contributed by atoms with Crippen LogP contribution in [0.15, 0.2) is 46.6 Å². The molecule has 4 aliphatic rings. The van der Waals surface area contributed by atoms with E-state index in [1.54, 1.807) is 22.3 Å². The third-order valence-electron chi connectivity index (χ3n) is 6.67. The van der Waals surface area contributed by atoms with Crippen molar-refractivity contribution in [2.75, 3.05) is 0 Å². The summed E-state index contributed by atoms with van der Waals surface area (Å²) in [4.78, 5) is 0. The largest absolute Gasteiger partial charge is 0.0770 e. The second kappa shape index (κ2) is 5.87. The smallest absolute Gasteiger partial charge is 0.00138 e. The molecule has 22 heavy (non-hydrogen) atoms. The van der Waals surface area contributed by atoms with Crippen molar-refractivity contribution in [2.24, 2.45) is 23.7 Å². The molecule has 0 radical (unpaired) electrons. The summed E-state index contributed by atoms with van der Waals surface area (Å²) in [5.41, 5.74) is 6.99. The minimum Gasteiger partial charge on any atom is -0.0770 e. The third kappa shape index (κ3) is 2.45. The molecule has 4 atom stereocenters. The van der Waals surface area contributed by atoms with Crippen LogP contribution in [0.4, 0.5) is 0 Å². The fraction of sp³-hybridized carbons (Fsp3) is 0.636. The molecule has 0 fully saturated rings. The van der Waals surface area contributed by atoms with Crippen LogP contribution in [0.2, 0.25) is 0 Å². The molecule has 0 aromatic carbocycles. The van der Waals surface area contributed by atoms with Gasteiger partial charge in [-0.1, -0.05) is 49.3 Å². The van der Waals surface area contributed by atoms with Gasteiger partial charge in [-0.3, -0.25) is 0 Å². The highest BCUT2D eigenvalue weighted by Gasteiger charge is 2.30. The molecule has 4 unspecified atom stereocenters. The standard InChI is InChI=1S/C22H30/c1-15-5-3-7-21-17(11-13-19(15)21)9-10-18-12-14-20-16(2)6-4-8-22(18)20/h11-18H,3-10H2,1-2H3.